The highest BCUT2D eigenvalue weighted by Crippen LogP contribution is 2.13. The third-order valence-corrected chi connectivity index (χ3v) is 4.75. The van der Waals surface area contributed by atoms with E-state index in [9.17, 15) is 4.79 Å². The number of rotatable bonds is 17. The maximum Gasteiger partial charge on any atom is 0.305 e. The summed E-state index contributed by atoms with van der Waals surface area (Å²) in [4.78, 5) is 17.3. The van der Waals surface area contributed by atoms with Gasteiger partial charge in [-0.2, -0.15) is 0 Å². The highest BCUT2D eigenvalue weighted by Gasteiger charge is 2.15. The zero-order valence-electron chi connectivity index (χ0n) is 16.2. The molecule has 0 radical (unpaired) electrons. The van der Waals surface area contributed by atoms with Crippen molar-refractivity contribution in [3.05, 3.63) is 0 Å². The van der Waals surface area contributed by atoms with Gasteiger partial charge in [-0.15, -0.1) is 0 Å². The topological polar surface area (TPSA) is 62.1 Å². The Labute approximate surface area is 153 Å². The predicted molar refractivity (Wildman–Crippen MR) is 103 cm³/mol. The van der Waals surface area contributed by atoms with E-state index in [1.54, 1.807) is 0 Å². The summed E-state index contributed by atoms with van der Waals surface area (Å²) in [5.74, 6) is 0.422. The molecule has 25 heavy (non-hydrogen) atoms. The molecule has 1 aliphatic heterocycles. The summed E-state index contributed by atoms with van der Waals surface area (Å²) in [5, 5.41) is 8.58. The molecule has 0 aromatic heterocycles. The van der Waals surface area contributed by atoms with Crippen LogP contribution in [0.1, 0.15) is 84.0 Å². The Morgan fingerprint density at radius 2 is 1.68 bits per heavy atom. The predicted octanol–water partition coefficient (Wildman–Crippen LogP) is 4.50. The molecule has 0 aromatic carbocycles. The fourth-order valence-corrected chi connectivity index (χ4v) is 3.21. The number of nitrogens with zero attached hydrogens (tertiary/aromatic N) is 2. The third-order valence-electron chi connectivity index (χ3n) is 4.75. The fraction of sp³-hybridized carbons (Fsp3) is 0.900. The fourth-order valence-electron chi connectivity index (χ4n) is 3.21. The molecular formula is C20H38N2O3. The van der Waals surface area contributed by atoms with Gasteiger partial charge in [0.1, 0.15) is 0 Å². The van der Waals surface area contributed by atoms with E-state index < -0.39 is 5.97 Å². The van der Waals surface area contributed by atoms with Gasteiger partial charge in [0.15, 0.2) is 0 Å². The Morgan fingerprint density at radius 3 is 2.32 bits per heavy atom. The summed E-state index contributed by atoms with van der Waals surface area (Å²) in [6.45, 7) is 5.86. The highest BCUT2D eigenvalue weighted by molar-refractivity contribution is 5.83. The van der Waals surface area contributed by atoms with Crippen LogP contribution < -0.4 is 0 Å². The van der Waals surface area contributed by atoms with Crippen LogP contribution in [0.2, 0.25) is 0 Å². The highest BCUT2D eigenvalue weighted by atomic mass is 16.5. The molecule has 1 aliphatic rings. The first-order chi connectivity index (χ1) is 12.2. The molecule has 5 heteroatoms. The first-order valence-corrected chi connectivity index (χ1v) is 10.3. The van der Waals surface area contributed by atoms with Gasteiger partial charge in [0.2, 0.25) is 0 Å². The van der Waals surface area contributed by atoms with Crippen molar-refractivity contribution >= 4 is 11.8 Å². The van der Waals surface area contributed by atoms with Crippen LogP contribution in [-0.2, 0) is 9.53 Å². The van der Waals surface area contributed by atoms with Crippen molar-refractivity contribution < 1.29 is 14.6 Å². The van der Waals surface area contributed by atoms with Crippen molar-refractivity contribution in [2.24, 2.45) is 4.99 Å². The molecule has 0 aliphatic carbocycles. The minimum atomic E-state index is -0.801. The van der Waals surface area contributed by atoms with Gasteiger partial charge in [0, 0.05) is 19.5 Å². The van der Waals surface area contributed by atoms with Crippen molar-refractivity contribution in [1.29, 1.82) is 0 Å². The number of hydrogen-bond acceptors (Lipinski definition) is 4. The number of ether oxygens (including phenoxy) is 1. The van der Waals surface area contributed by atoms with E-state index in [1.807, 2.05) is 0 Å². The monoisotopic (exact) mass is 354 g/mol. The van der Waals surface area contributed by atoms with Crippen LogP contribution in [0.15, 0.2) is 4.99 Å². The van der Waals surface area contributed by atoms with Gasteiger partial charge in [-0.05, 0) is 6.42 Å². The standard InChI is InChI=1S/C20H38N2O3/c1-2-3-4-5-6-7-8-9-10-11-12-19-21-14-15-22(19)16-18-25-17-13-20(23)24/h2-18H2,1H3,(H,23,24). The van der Waals surface area contributed by atoms with Crippen LogP contribution in [0, 0.1) is 0 Å². The molecule has 0 saturated heterocycles. The molecule has 146 valence electrons. The molecule has 0 unspecified atom stereocenters. The largest absolute Gasteiger partial charge is 0.481 e. The lowest BCUT2D eigenvalue weighted by Crippen LogP contribution is -2.31. The van der Waals surface area contributed by atoms with Crippen LogP contribution in [0.5, 0.6) is 0 Å². The second-order valence-electron chi connectivity index (χ2n) is 6.97. The van der Waals surface area contributed by atoms with Crippen molar-refractivity contribution in [3.63, 3.8) is 0 Å². The second kappa shape index (κ2) is 15.2. The first kappa shape index (κ1) is 21.9. The van der Waals surface area contributed by atoms with Crippen LogP contribution in [-0.4, -0.2) is 54.7 Å². The lowest BCUT2D eigenvalue weighted by molar-refractivity contribution is -0.138. The number of unbranched alkanes of at least 4 members (excludes halogenated alkanes) is 9. The van der Waals surface area contributed by atoms with Crippen LogP contribution in [0.3, 0.4) is 0 Å². The lowest BCUT2D eigenvalue weighted by atomic mass is 10.1. The Hall–Kier alpha value is -1.10. The molecule has 0 bridgehead atoms. The SMILES string of the molecule is CCCCCCCCCCCCC1=NCCN1CCOCCC(=O)O. The molecule has 1 N–H and O–H groups in total. The van der Waals surface area contributed by atoms with E-state index in [0.29, 0.717) is 13.2 Å². The molecule has 0 spiro atoms. The van der Waals surface area contributed by atoms with E-state index in [0.717, 1.165) is 26.1 Å². The Morgan fingerprint density at radius 1 is 1.04 bits per heavy atom. The number of hydrogen-bond donors (Lipinski definition) is 1. The molecule has 0 atom stereocenters. The number of amidine groups is 1. The Balaban J connectivity index is 1.94. The van der Waals surface area contributed by atoms with E-state index >= 15 is 0 Å². The minimum Gasteiger partial charge on any atom is -0.481 e. The van der Waals surface area contributed by atoms with Gasteiger partial charge in [0.05, 0.1) is 32.0 Å². The number of carboxylic acids is 1. The van der Waals surface area contributed by atoms with Gasteiger partial charge < -0.3 is 14.7 Å². The van der Waals surface area contributed by atoms with Crippen molar-refractivity contribution in [1.82, 2.24) is 4.90 Å². The van der Waals surface area contributed by atoms with Crippen LogP contribution in [0.25, 0.3) is 0 Å². The first-order valence-electron chi connectivity index (χ1n) is 10.3. The molecular weight excluding hydrogens is 316 g/mol. The van der Waals surface area contributed by atoms with Crippen molar-refractivity contribution in [3.8, 4) is 0 Å². The summed E-state index contributed by atoms with van der Waals surface area (Å²) < 4.78 is 5.38. The Kier molecular flexibility index (Phi) is 13.3. The summed E-state index contributed by atoms with van der Waals surface area (Å²) in [6, 6.07) is 0. The molecule has 5 nitrogen and oxygen atoms in total. The van der Waals surface area contributed by atoms with Gasteiger partial charge >= 0.3 is 5.97 Å². The van der Waals surface area contributed by atoms with E-state index in [1.165, 1.54) is 70.0 Å². The summed E-state index contributed by atoms with van der Waals surface area (Å²) in [6.07, 6.45) is 14.7. The minimum absolute atomic E-state index is 0.0829. The number of carbonyl (C=O) groups is 1. The maximum absolute atomic E-state index is 10.4. The molecule has 0 fully saturated rings. The second-order valence-corrected chi connectivity index (χ2v) is 6.97. The average Bonchev–Trinajstić information content (AvgIpc) is 3.03. The smallest absolute Gasteiger partial charge is 0.305 e. The average molecular weight is 355 g/mol. The van der Waals surface area contributed by atoms with Crippen LogP contribution >= 0.6 is 0 Å². The van der Waals surface area contributed by atoms with E-state index in [-0.39, 0.29) is 6.42 Å². The summed E-state index contributed by atoms with van der Waals surface area (Å²) in [7, 11) is 0. The Bertz CT molecular complexity index is 372. The van der Waals surface area contributed by atoms with Gasteiger partial charge in [-0.1, -0.05) is 64.7 Å². The number of aliphatic carboxylic acids is 1. The lowest BCUT2D eigenvalue weighted by Gasteiger charge is -2.20. The molecule has 0 saturated carbocycles. The van der Waals surface area contributed by atoms with Gasteiger partial charge in [-0.25, -0.2) is 0 Å². The van der Waals surface area contributed by atoms with Gasteiger partial charge in [0.25, 0.3) is 0 Å². The van der Waals surface area contributed by atoms with Gasteiger partial charge in [-0.3, -0.25) is 9.79 Å². The third kappa shape index (κ3) is 12.0. The summed E-state index contributed by atoms with van der Waals surface area (Å²) >= 11 is 0. The zero-order chi connectivity index (χ0) is 18.2. The van der Waals surface area contributed by atoms with Crippen molar-refractivity contribution in [2.45, 2.75) is 84.0 Å². The normalized spacial score (nSPS) is 14.1. The molecule has 1 rings (SSSR count). The van der Waals surface area contributed by atoms with Crippen molar-refractivity contribution in [2.75, 3.05) is 32.8 Å². The quantitative estimate of drug-likeness (QED) is 0.391. The maximum atomic E-state index is 10.4. The zero-order valence-corrected chi connectivity index (χ0v) is 16.2. The molecule has 1 heterocycles. The molecule has 0 aromatic rings. The summed E-state index contributed by atoms with van der Waals surface area (Å²) in [5.41, 5.74) is 0. The van der Waals surface area contributed by atoms with Crippen LogP contribution in [0.4, 0.5) is 0 Å². The van der Waals surface area contributed by atoms with E-state index in [4.69, 9.17) is 9.84 Å². The molecule has 0 amide bonds. The van der Waals surface area contributed by atoms with E-state index in [2.05, 4.69) is 16.8 Å². The number of carboxylic acid groups (broad SMARTS) is 1. The number of aliphatic imine (C=N–C) groups is 1.